The number of amides is 1. The summed E-state index contributed by atoms with van der Waals surface area (Å²) in [4.78, 5) is 23.6. The molecule has 1 aromatic carbocycles. The van der Waals surface area contributed by atoms with Crippen molar-refractivity contribution in [2.24, 2.45) is 0 Å². The van der Waals surface area contributed by atoms with Crippen molar-refractivity contribution in [1.82, 2.24) is 5.32 Å². The molecule has 0 bridgehead atoms. The van der Waals surface area contributed by atoms with Crippen LogP contribution in [-0.4, -0.2) is 29.6 Å². The molecule has 1 aliphatic rings. The molecule has 1 amide bonds. The molecule has 6 nitrogen and oxygen atoms in total. The molecule has 1 aliphatic carbocycles. The summed E-state index contributed by atoms with van der Waals surface area (Å²) < 4.78 is 4.82. The van der Waals surface area contributed by atoms with Crippen LogP contribution in [0.25, 0.3) is 0 Å². The number of ketones is 1. The minimum Gasteiger partial charge on any atom is -0.508 e. The van der Waals surface area contributed by atoms with Crippen LogP contribution in [0.1, 0.15) is 5.56 Å². The van der Waals surface area contributed by atoms with E-state index in [4.69, 9.17) is 21.7 Å². The summed E-state index contributed by atoms with van der Waals surface area (Å²) in [7, 11) is 1.33. The van der Waals surface area contributed by atoms with Crippen LogP contribution < -0.4 is 5.32 Å². The van der Waals surface area contributed by atoms with E-state index in [9.17, 15) is 14.7 Å². The summed E-state index contributed by atoms with van der Waals surface area (Å²) in [5.74, 6) is -0.791. The molecule has 0 radical (unpaired) electrons. The number of rotatable bonds is 4. The zero-order valence-electron chi connectivity index (χ0n) is 11.6. The first-order valence-electron chi connectivity index (χ1n) is 6.28. The Hall–Kier alpha value is -2.60. The molecule has 7 heteroatoms. The van der Waals surface area contributed by atoms with Gasteiger partial charge in [0, 0.05) is 17.2 Å². The number of benzene rings is 1. The number of halogens is 1. The predicted molar refractivity (Wildman–Crippen MR) is 80.9 cm³/mol. The van der Waals surface area contributed by atoms with Crippen molar-refractivity contribution in [1.29, 1.82) is 5.41 Å². The molecule has 0 atom stereocenters. The van der Waals surface area contributed by atoms with Gasteiger partial charge < -0.3 is 15.2 Å². The van der Waals surface area contributed by atoms with Gasteiger partial charge in [-0.1, -0.05) is 17.7 Å². The highest BCUT2D eigenvalue weighted by Gasteiger charge is 2.20. The molecule has 0 unspecified atom stereocenters. The fourth-order valence-corrected chi connectivity index (χ4v) is 2.11. The van der Waals surface area contributed by atoms with Gasteiger partial charge in [-0.25, -0.2) is 0 Å². The summed E-state index contributed by atoms with van der Waals surface area (Å²) in [5.41, 5.74) is 0.603. The van der Waals surface area contributed by atoms with E-state index in [0.717, 1.165) is 6.08 Å². The van der Waals surface area contributed by atoms with Crippen LogP contribution in [0.4, 0.5) is 0 Å². The molecule has 1 aromatic rings. The molecule has 0 saturated carbocycles. The Bertz CT molecular complexity index is 722. The Kier molecular flexibility index (Phi) is 4.62. The van der Waals surface area contributed by atoms with E-state index in [1.807, 2.05) is 0 Å². The Balaban J connectivity index is 2.07. The third-order valence-electron chi connectivity index (χ3n) is 2.97. The maximum atomic E-state index is 12.0. The third-order valence-corrected chi connectivity index (χ3v) is 3.32. The maximum Gasteiger partial charge on any atom is 0.228 e. The number of carbonyl (C=O) groups is 2. The van der Waals surface area contributed by atoms with Gasteiger partial charge in [-0.2, -0.15) is 0 Å². The molecule has 114 valence electrons. The number of carbonyl (C=O) groups excluding carboxylic acids is 2. The number of allylic oxidation sites excluding steroid dienone is 2. The van der Waals surface area contributed by atoms with Crippen molar-refractivity contribution in [2.75, 3.05) is 7.11 Å². The quantitative estimate of drug-likeness (QED) is 0.735. The van der Waals surface area contributed by atoms with E-state index in [1.165, 1.54) is 31.4 Å². The Labute approximate surface area is 131 Å². The number of nitrogens with one attached hydrogen (secondary N) is 2. The molecule has 2 rings (SSSR count). The number of methoxy groups -OCH3 is 1. The van der Waals surface area contributed by atoms with Gasteiger partial charge >= 0.3 is 0 Å². The van der Waals surface area contributed by atoms with Gasteiger partial charge in [0.2, 0.25) is 11.7 Å². The monoisotopic (exact) mass is 320 g/mol. The molecule has 22 heavy (non-hydrogen) atoms. The average Bonchev–Trinajstić information content (AvgIpc) is 2.45. The van der Waals surface area contributed by atoms with Crippen LogP contribution >= 0.6 is 11.6 Å². The average molecular weight is 321 g/mol. The van der Waals surface area contributed by atoms with Crippen molar-refractivity contribution in [2.45, 2.75) is 6.42 Å². The van der Waals surface area contributed by atoms with E-state index in [1.54, 1.807) is 0 Å². The number of hydrogen-bond acceptors (Lipinski definition) is 5. The molecule has 0 saturated heterocycles. The lowest BCUT2D eigenvalue weighted by molar-refractivity contribution is -0.119. The maximum absolute atomic E-state index is 12.0. The zero-order chi connectivity index (χ0) is 16.3. The van der Waals surface area contributed by atoms with Gasteiger partial charge in [-0.3, -0.25) is 15.0 Å². The predicted octanol–water partition coefficient (Wildman–Crippen LogP) is 1.72. The number of phenolic OH excluding ortho intramolecular Hbond substituents is 1. The first kappa shape index (κ1) is 15.8. The highest BCUT2D eigenvalue weighted by atomic mass is 35.5. The summed E-state index contributed by atoms with van der Waals surface area (Å²) in [6.07, 6.45) is 2.34. The molecular formula is C15H13ClN2O4. The smallest absolute Gasteiger partial charge is 0.228 e. The SMILES string of the molecule is COC1=CC(=N)C(NC(=O)Cc2ccc(O)cc2Cl)=CC1=O. The number of aromatic hydroxyl groups is 1. The standard InChI is InChI=1S/C15H13ClN2O4/c1-22-14-6-11(17)12(7-13(14)20)18-15(21)4-8-2-3-9(19)5-10(8)16/h2-3,5-7,17,19H,4H2,1H3,(H,18,21). The zero-order valence-corrected chi connectivity index (χ0v) is 12.4. The number of hydrogen-bond donors (Lipinski definition) is 3. The molecule has 0 fully saturated rings. The van der Waals surface area contributed by atoms with Gasteiger partial charge in [0.15, 0.2) is 5.76 Å². The van der Waals surface area contributed by atoms with E-state index in [-0.39, 0.29) is 34.4 Å². The normalized spacial score (nSPS) is 14.3. The fourth-order valence-electron chi connectivity index (χ4n) is 1.87. The molecule has 0 heterocycles. The van der Waals surface area contributed by atoms with Crippen molar-refractivity contribution in [3.05, 3.63) is 52.4 Å². The Morgan fingerprint density at radius 2 is 2.14 bits per heavy atom. The summed E-state index contributed by atoms with van der Waals surface area (Å²) >= 11 is 5.93. The lowest BCUT2D eigenvalue weighted by Crippen LogP contribution is -2.30. The molecule has 3 N–H and O–H groups in total. The van der Waals surface area contributed by atoms with Gasteiger partial charge in [-0.15, -0.1) is 0 Å². The lowest BCUT2D eigenvalue weighted by atomic mass is 10.1. The number of ether oxygens (including phenoxy) is 1. The molecular weight excluding hydrogens is 308 g/mol. The van der Waals surface area contributed by atoms with Gasteiger partial charge in [0.25, 0.3) is 0 Å². The number of phenols is 1. The topological polar surface area (TPSA) is 99.5 Å². The van der Waals surface area contributed by atoms with Crippen LogP contribution in [0.5, 0.6) is 5.75 Å². The molecule has 0 aromatic heterocycles. The van der Waals surface area contributed by atoms with E-state index in [0.29, 0.717) is 5.56 Å². The van der Waals surface area contributed by atoms with Crippen LogP contribution in [0.3, 0.4) is 0 Å². The molecule has 0 aliphatic heterocycles. The van der Waals surface area contributed by atoms with Crippen LogP contribution in [-0.2, 0) is 20.7 Å². The van der Waals surface area contributed by atoms with E-state index in [2.05, 4.69) is 5.32 Å². The Morgan fingerprint density at radius 3 is 2.77 bits per heavy atom. The largest absolute Gasteiger partial charge is 0.508 e. The highest BCUT2D eigenvalue weighted by molar-refractivity contribution is 6.31. The fraction of sp³-hybridized carbons (Fsp3) is 0.133. The van der Waals surface area contributed by atoms with Crippen LogP contribution in [0.2, 0.25) is 5.02 Å². The van der Waals surface area contributed by atoms with Crippen molar-refractivity contribution >= 4 is 29.0 Å². The first-order chi connectivity index (χ1) is 10.4. The summed E-state index contributed by atoms with van der Waals surface area (Å²) in [6, 6.07) is 4.29. The minimum atomic E-state index is -0.425. The van der Waals surface area contributed by atoms with Gasteiger partial charge in [-0.05, 0) is 17.7 Å². The van der Waals surface area contributed by atoms with Gasteiger partial charge in [0.1, 0.15) is 5.75 Å². The second-order valence-corrected chi connectivity index (χ2v) is 4.96. The molecule has 0 spiro atoms. The third kappa shape index (κ3) is 3.53. The summed E-state index contributed by atoms with van der Waals surface area (Å²) in [5, 5.41) is 19.8. The minimum absolute atomic E-state index is 0.00811. The van der Waals surface area contributed by atoms with Crippen LogP contribution in [0, 0.1) is 5.41 Å². The van der Waals surface area contributed by atoms with E-state index >= 15 is 0 Å². The van der Waals surface area contributed by atoms with Crippen molar-refractivity contribution in [3.63, 3.8) is 0 Å². The first-order valence-corrected chi connectivity index (χ1v) is 6.66. The lowest BCUT2D eigenvalue weighted by Gasteiger charge is -2.14. The second kappa shape index (κ2) is 6.44. The van der Waals surface area contributed by atoms with Gasteiger partial charge in [0.05, 0.1) is 24.9 Å². The van der Waals surface area contributed by atoms with Crippen LogP contribution in [0.15, 0.2) is 41.8 Å². The summed E-state index contributed by atoms with van der Waals surface area (Å²) in [6.45, 7) is 0. The van der Waals surface area contributed by atoms with Crippen molar-refractivity contribution < 1.29 is 19.4 Å². The highest BCUT2D eigenvalue weighted by Crippen LogP contribution is 2.22. The van der Waals surface area contributed by atoms with Crippen molar-refractivity contribution in [3.8, 4) is 5.75 Å². The second-order valence-electron chi connectivity index (χ2n) is 4.55. The Morgan fingerprint density at radius 1 is 1.41 bits per heavy atom. The van der Waals surface area contributed by atoms with E-state index < -0.39 is 11.7 Å².